The molecule has 7 nitrogen and oxygen atoms in total. The number of urea groups is 2. The number of para-hydroxylation sites is 1. The molecule has 3 aromatic carbocycles. The summed E-state index contributed by atoms with van der Waals surface area (Å²) in [5.74, 6) is 1.42. The Morgan fingerprint density at radius 1 is 0.886 bits per heavy atom. The van der Waals surface area contributed by atoms with Crippen molar-refractivity contribution >= 4 is 23.4 Å². The van der Waals surface area contributed by atoms with Crippen molar-refractivity contribution in [3.63, 3.8) is 0 Å². The number of nitrogens with zero attached hydrogens (tertiary/aromatic N) is 1. The van der Waals surface area contributed by atoms with E-state index in [-0.39, 0.29) is 17.6 Å². The van der Waals surface area contributed by atoms with Crippen LogP contribution >= 0.6 is 0 Å². The lowest BCUT2D eigenvalue weighted by molar-refractivity contribution is 0.232. The summed E-state index contributed by atoms with van der Waals surface area (Å²) in [5, 5.41) is 8.69. The van der Waals surface area contributed by atoms with Crippen LogP contribution in [0.4, 0.5) is 21.0 Å². The molecule has 35 heavy (non-hydrogen) atoms. The van der Waals surface area contributed by atoms with Gasteiger partial charge < -0.3 is 20.7 Å². The maximum atomic E-state index is 13.2. The number of anilines is 2. The lowest BCUT2D eigenvalue weighted by atomic mass is 10.1. The van der Waals surface area contributed by atoms with Crippen molar-refractivity contribution in [2.24, 2.45) is 0 Å². The van der Waals surface area contributed by atoms with Crippen LogP contribution in [-0.4, -0.2) is 30.7 Å². The van der Waals surface area contributed by atoms with Gasteiger partial charge in [-0.1, -0.05) is 30.3 Å². The second-order valence-corrected chi connectivity index (χ2v) is 9.34. The molecule has 3 aromatic rings. The molecule has 0 heterocycles. The molecule has 0 fully saturated rings. The number of nitrogens with one attached hydrogen (secondary N) is 3. The van der Waals surface area contributed by atoms with Gasteiger partial charge in [-0.15, -0.1) is 0 Å². The average molecular weight is 475 g/mol. The molecule has 7 heteroatoms. The van der Waals surface area contributed by atoms with Gasteiger partial charge in [0.05, 0.1) is 0 Å². The Kier molecular flexibility index (Phi) is 8.73. The first kappa shape index (κ1) is 25.6. The van der Waals surface area contributed by atoms with Crippen LogP contribution in [0.5, 0.6) is 11.5 Å². The van der Waals surface area contributed by atoms with Crippen LogP contribution in [-0.2, 0) is 0 Å². The average Bonchev–Trinajstić information content (AvgIpc) is 2.79. The summed E-state index contributed by atoms with van der Waals surface area (Å²) in [6.07, 6.45) is 0.584. The molecule has 0 aliphatic rings. The van der Waals surface area contributed by atoms with Gasteiger partial charge in [-0.25, -0.2) is 9.59 Å². The van der Waals surface area contributed by atoms with E-state index in [4.69, 9.17) is 4.74 Å². The van der Waals surface area contributed by atoms with Crippen LogP contribution in [0.25, 0.3) is 0 Å². The number of aryl methyl sites for hydroxylation is 1. The molecule has 4 amide bonds. The van der Waals surface area contributed by atoms with Crippen LogP contribution < -0.4 is 25.6 Å². The molecule has 0 spiro atoms. The first-order chi connectivity index (χ1) is 16.7. The molecule has 0 radical (unpaired) electrons. The standard InChI is InChI=1S/C28H34N4O3/c1-21-10-8-11-22(20-21)30-27(34)32(19-9-18-29-26(33)31-28(2,3)4)23-14-16-25(17-15-23)35-24-12-6-5-7-13-24/h5-8,10-17,20H,9,18-19H2,1-4H3,(H,30,34)(H2,29,31,33). The highest BCUT2D eigenvalue weighted by Gasteiger charge is 2.17. The summed E-state index contributed by atoms with van der Waals surface area (Å²) in [6, 6.07) is 24.1. The first-order valence-corrected chi connectivity index (χ1v) is 11.7. The van der Waals surface area contributed by atoms with E-state index in [2.05, 4.69) is 16.0 Å². The van der Waals surface area contributed by atoms with Gasteiger partial charge in [0.25, 0.3) is 0 Å². The number of hydrogen-bond acceptors (Lipinski definition) is 3. The van der Waals surface area contributed by atoms with Crippen LogP contribution in [0.2, 0.25) is 0 Å². The van der Waals surface area contributed by atoms with E-state index < -0.39 is 0 Å². The van der Waals surface area contributed by atoms with Crippen molar-refractivity contribution in [2.45, 2.75) is 39.7 Å². The van der Waals surface area contributed by atoms with Gasteiger partial charge >= 0.3 is 12.1 Å². The number of carbonyl (C=O) groups excluding carboxylic acids is 2. The number of benzene rings is 3. The van der Waals surface area contributed by atoms with Crippen molar-refractivity contribution in [1.29, 1.82) is 0 Å². The van der Waals surface area contributed by atoms with Crippen LogP contribution in [0.3, 0.4) is 0 Å². The van der Waals surface area contributed by atoms with E-state index in [0.29, 0.717) is 25.3 Å². The molecule has 3 rings (SSSR count). The molecule has 0 aliphatic heterocycles. The minimum atomic E-state index is -0.312. The molecular formula is C28H34N4O3. The van der Waals surface area contributed by atoms with E-state index in [1.54, 1.807) is 4.90 Å². The molecule has 0 saturated heterocycles. The molecule has 0 atom stereocenters. The normalized spacial score (nSPS) is 10.9. The van der Waals surface area contributed by atoms with E-state index in [0.717, 1.165) is 22.7 Å². The van der Waals surface area contributed by atoms with Crippen molar-refractivity contribution in [3.05, 3.63) is 84.4 Å². The predicted octanol–water partition coefficient (Wildman–Crippen LogP) is 6.31. The zero-order valence-corrected chi connectivity index (χ0v) is 20.8. The smallest absolute Gasteiger partial charge is 0.326 e. The van der Waals surface area contributed by atoms with Crippen LogP contribution in [0, 0.1) is 6.92 Å². The van der Waals surface area contributed by atoms with Crippen molar-refractivity contribution in [2.75, 3.05) is 23.3 Å². The number of ether oxygens (including phenoxy) is 1. The highest BCUT2D eigenvalue weighted by Crippen LogP contribution is 2.25. The van der Waals surface area contributed by atoms with Crippen LogP contribution in [0.1, 0.15) is 32.8 Å². The fourth-order valence-corrected chi connectivity index (χ4v) is 3.40. The minimum Gasteiger partial charge on any atom is -0.457 e. The Hall–Kier alpha value is -4.00. The molecule has 0 unspecified atom stereocenters. The third kappa shape index (κ3) is 8.70. The third-order valence-corrected chi connectivity index (χ3v) is 4.97. The Labute approximate surface area is 207 Å². The summed E-state index contributed by atoms with van der Waals surface area (Å²) in [6.45, 7) is 8.62. The van der Waals surface area contributed by atoms with E-state index in [9.17, 15) is 9.59 Å². The maximum absolute atomic E-state index is 13.2. The number of rotatable bonds is 8. The molecule has 3 N–H and O–H groups in total. The SMILES string of the molecule is Cc1cccc(NC(=O)N(CCCNC(=O)NC(C)(C)C)c2ccc(Oc3ccccc3)cc2)c1. The Balaban J connectivity index is 1.68. The Bertz CT molecular complexity index is 1110. The molecule has 0 bridgehead atoms. The molecule has 0 aromatic heterocycles. The summed E-state index contributed by atoms with van der Waals surface area (Å²) >= 11 is 0. The molecule has 0 saturated carbocycles. The lowest BCUT2D eigenvalue weighted by Gasteiger charge is -2.24. The van der Waals surface area contributed by atoms with Gasteiger partial charge in [0.1, 0.15) is 11.5 Å². The molecular weight excluding hydrogens is 440 g/mol. The fourth-order valence-electron chi connectivity index (χ4n) is 3.40. The van der Waals surface area contributed by atoms with Gasteiger partial charge in [-0.2, -0.15) is 0 Å². The Morgan fingerprint density at radius 2 is 1.57 bits per heavy atom. The summed E-state index contributed by atoms with van der Waals surface area (Å²) in [5.41, 5.74) is 2.21. The maximum Gasteiger partial charge on any atom is 0.326 e. The zero-order chi connectivity index (χ0) is 25.3. The quantitative estimate of drug-likeness (QED) is 0.334. The van der Waals surface area contributed by atoms with Crippen LogP contribution in [0.15, 0.2) is 78.9 Å². The fraction of sp³-hybridized carbons (Fsp3) is 0.286. The van der Waals surface area contributed by atoms with Gasteiger partial charge in [0, 0.05) is 30.0 Å². The molecule has 0 aliphatic carbocycles. The van der Waals surface area contributed by atoms with Crippen molar-refractivity contribution in [1.82, 2.24) is 10.6 Å². The van der Waals surface area contributed by atoms with Gasteiger partial charge in [-0.05, 0) is 88.2 Å². The van der Waals surface area contributed by atoms with Crippen molar-refractivity contribution < 1.29 is 14.3 Å². The lowest BCUT2D eigenvalue weighted by Crippen LogP contribution is -2.47. The first-order valence-electron chi connectivity index (χ1n) is 11.7. The van der Waals surface area contributed by atoms with Gasteiger partial charge in [-0.3, -0.25) is 4.90 Å². The Morgan fingerprint density at radius 3 is 2.23 bits per heavy atom. The summed E-state index contributed by atoms with van der Waals surface area (Å²) < 4.78 is 5.87. The second-order valence-electron chi connectivity index (χ2n) is 9.34. The minimum absolute atomic E-state index is 0.226. The van der Waals surface area contributed by atoms with E-state index in [1.807, 2.05) is 107 Å². The number of carbonyl (C=O) groups is 2. The predicted molar refractivity (Wildman–Crippen MR) is 141 cm³/mol. The third-order valence-electron chi connectivity index (χ3n) is 4.97. The summed E-state index contributed by atoms with van der Waals surface area (Å²) in [7, 11) is 0. The van der Waals surface area contributed by atoms with E-state index in [1.165, 1.54) is 0 Å². The zero-order valence-electron chi connectivity index (χ0n) is 20.8. The largest absolute Gasteiger partial charge is 0.457 e. The van der Waals surface area contributed by atoms with E-state index >= 15 is 0 Å². The van der Waals surface area contributed by atoms with Crippen molar-refractivity contribution in [3.8, 4) is 11.5 Å². The number of hydrogen-bond donors (Lipinski definition) is 3. The number of amides is 4. The highest BCUT2D eigenvalue weighted by molar-refractivity contribution is 6.01. The van der Waals surface area contributed by atoms with Gasteiger partial charge in [0.2, 0.25) is 0 Å². The molecule has 184 valence electrons. The van der Waals surface area contributed by atoms with Gasteiger partial charge in [0.15, 0.2) is 0 Å². The second kappa shape index (κ2) is 11.9. The topological polar surface area (TPSA) is 82.7 Å². The monoisotopic (exact) mass is 474 g/mol. The summed E-state index contributed by atoms with van der Waals surface area (Å²) in [4.78, 5) is 26.9. The highest BCUT2D eigenvalue weighted by atomic mass is 16.5.